The van der Waals surface area contributed by atoms with Gasteiger partial charge in [-0.15, -0.1) is 0 Å². The number of nitrogens with zero attached hydrogens (tertiary/aromatic N) is 7. The van der Waals surface area contributed by atoms with Gasteiger partial charge in [0, 0.05) is 53.9 Å². The smallest absolute Gasteiger partial charge is 0.189 e. The Kier molecular flexibility index (Phi) is 5.86. The van der Waals surface area contributed by atoms with Gasteiger partial charge in [0.25, 0.3) is 0 Å². The minimum atomic E-state index is 0.465. The number of pyridine rings is 1. The number of likely N-dealkylation sites (tertiary alicyclic amines) is 1. The number of allylic oxidation sites excluding steroid dienone is 2. The van der Waals surface area contributed by atoms with Gasteiger partial charge in [-0.1, -0.05) is 25.3 Å². The van der Waals surface area contributed by atoms with E-state index in [0.29, 0.717) is 6.04 Å². The van der Waals surface area contributed by atoms with E-state index in [9.17, 15) is 0 Å². The third kappa shape index (κ3) is 4.36. The second-order valence-corrected chi connectivity index (χ2v) is 9.32. The molecule has 2 aromatic heterocycles. The highest BCUT2D eigenvalue weighted by Gasteiger charge is 2.27. The van der Waals surface area contributed by atoms with E-state index in [1.54, 1.807) is 23.8 Å². The van der Waals surface area contributed by atoms with Crippen molar-refractivity contribution in [3.8, 4) is 11.1 Å². The predicted octanol–water partition coefficient (Wildman–Crippen LogP) is 4.81. The third-order valence-corrected chi connectivity index (χ3v) is 7.00. The third-order valence-electron chi connectivity index (χ3n) is 5.98. The fourth-order valence-electron chi connectivity index (χ4n) is 3.98. The number of rotatable bonds is 4. The van der Waals surface area contributed by atoms with Crippen LogP contribution in [0.2, 0.25) is 0 Å². The summed E-state index contributed by atoms with van der Waals surface area (Å²) < 4.78 is 2.09. The highest BCUT2D eigenvalue weighted by molar-refractivity contribution is 8.13. The van der Waals surface area contributed by atoms with Gasteiger partial charge >= 0.3 is 0 Å². The van der Waals surface area contributed by atoms with Crippen LogP contribution in [0.1, 0.15) is 19.9 Å². The fourth-order valence-corrected chi connectivity index (χ4v) is 4.85. The summed E-state index contributed by atoms with van der Waals surface area (Å²) in [5, 5.41) is 12.8. The molecule has 1 saturated heterocycles. The summed E-state index contributed by atoms with van der Waals surface area (Å²) in [5.41, 5.74) is 4.84. The van der Waals surface area contributed by atoms with Crippen LogP contribution in [0.25, 0.3) is 22.0 Å². The molecule has 3 aromatic rings. The molecule has 7 nitrogen and oxygen atoms in total. The Hall–Kier alpha value is -3.23. The van der Waals surface area contributed by atoms with Crippen molar-refractivity contribution in [2.24, 2.45) is 10.1 Å². The zero-order valence-electron chi connectivity index (χ0n) is 19.1. The Bertz CT molecular complexity index is 1300. The first-order valence-electron chi connectivity index (χ1n) is 11.1. The van der Waals surface area contributed by atoms with Gasteiger partial charge in [0.2, 0.25) is 0 Å². The lowest BCUT2D eigenvalue weighted by molar-refractivity contribution is 0.105. The molecular formula is C25H27N7S. The molecule has 0 amide bonds. The average Bonchev–Trinajstić information content (AvgIpc) is 3.28. The number of amidine groups is 1. The molecule has 168 valence electrons. The van der Waals surface area contributed by atoms with Gasteiger partial charge in [-0.3, -0.25) is 19.6 Å². The van der Waals surface area contributed by atoms with Crippen molar-refractivity contribution >= 4 is 33.5 Å². The first-order chi connectivity index (χ1) is 16.0. The van der Waals surface area contributed by atoms with Crippen LogP contribution in [-0.4, -0.2) is 62.2 Å². The predicted molar refractivity (Wildman–Crippen MR) is 137 cm³/mol. The Balaban J connectivity index is 1.38. The molecule has 0 atom stereocenters. The van der Waals surface area contributed by atoms with E-state index in [-0.39, 0.29) is 0 Å². The van der Waals surface area contributed by atoms with Crippen LogP contribution in [-0.2, 0) is 0 Å². The molecule has 0 bridgehead atoms. The zero-order valence-corrected chi connectivity index (χ0v) is 20.0. The van der Waals surface area contributed by atoms with E-state index >= 15 is 0 Å². The van der Waals surface area contributed by atoms with Crippen LogP contribution in [0.3, 0.4) is 0 Å². The van der Waals surface area contributed by atoms with E-state index in [1.165, 1.54) is 0 Å². The quantitative estimate of drug-likeness (QED) is 0.320. The molecule has 33 heavy (non-hydrogen) atoms. The minimum Gasteiger partial charge on any atom is -0.299 e. The van der Waals surface area contributed by atoms with E-state index in [4.69, 9.17) is 0 Å². The fraction of sp³-hybridized carbons (Fsp3) is 0.280. The number of benzene rings is 1. The van der Waals surface area contributed by atoms with Gasteiger partial charge in [-0.25, -0.2) is 5.01 Å². The summed E-state index contributed by atoms with van der Waals surface area (Å²) in [6, 6.07) is 8.91. The molecule has 0 N–H and O–H groups in total. The Morgan fingerprint density at radius 3 is 2.82 bits per heavy atom. The summed E-state index contributed by atoms with van der Waals surface area (Å²) in [6.45, 7) is 11.5. The first kappa shape index (κ1) is 21.6. The average molecular weight is 458 g/mol. The molecule has 1 fully saturated rings. The van der Waals surface area contributed by atoms with Crippen molar-refractivity contribution in [2.75, 3.05) is 26.7 Å². The largest absolute Gasteiger partial charge is 0.299 e. The number of hydrogen-bond donors (Lipinski definition) is 0. The highest BCUT2D eigenvalue weighted by atomic mass is 32.2. The number of thioether (sulfide) groups is 1. The maximum atomic E-state index is 4.68. The van der Waals surface area contributed by atoms with Crippen molar-refractivity contribution in [2.45, 2.75) is 24.8 Å². The Labute approximate surface area is 198 Å². The van der Waals surface area contributed by atoms with Crippen LogP contribution >= 0.6 is 11.8 Å². The van der Waals surface area contributed by atoms with E-state index in [1.807, 2.05) is 37.5 Å². The summed E-state index contributed by atoms with van der Waals surface area (Å²) in [5.74, 6) is 0. The van der Waals surface area contributed by atoms with Gasteiger partial charge in [-0.05, 0) is 49.9 Å². The lowest BCUT2D eigenvalue weighted by atomic mass is 10.1. The molecule has 2 aliphatic rings. The number of hydrazone groups is 1. The molecule has 5 rings (SSSR count). The molecule has 0 aliphatic carbocycles. The summed E-state index contributed by atoms with van der Waals surface area (Å²) in [4.78, 5) is 12.6. The van der Waals surface area contributed by atoms with Crippen molar-refractivity contribution in [1.29, 1.82) is 0 Å². The lowest BCUT2D eigenvalue weighted by Gasteiger charge is -2.38. The Morgan fingerprint density at radius 2 is 2.03 bits per heavy atom. The first-order valence-corrected chi connectivity index (χ1v) is 11.9. The summed E-state index contributed by atoms with van der Waals surface area (Å²) in [6.07, 6.45) is 9.90. The van der Waals surface area contributed by atoms with Crippen molar-refractivity contribution in [3.63, 3.8) is 0 Å². The maximum absolute atomic E-state index is 4.68. The summed E-state index contributed by atoms with van der Waals surface area (Å²) >= 11 is 1.56. The van der Waals surface area contributed by atoms with E-state index in [0.717, 1.165) is 63.1 Å². The molecule has 2 aliphatic heterocycles. The topological polar surface area (TPSA) is 61.9 Å². The van der Waals surface area contributed by atoms with Gasteiger partial charge < -0.3 is 0 Å². The van der Waals surface area contributed by atoms with Crippen LogP contribution in [0.15, 0.2) is 82.3 Å². The number of hydrogen-bond acceptors (Lipinski definition) is 6. The van der Waals surface area contributed by atoms with Crippen LogP contribution in [0.4, 0.5) is 0 Å². The molecule has 0 radical (unpaired) electrons. The molecule has 8 heteroatoms. The Morgan fingerprint density at radius 1 is 1.18 bits per heavy atom. The van der Waals surface area contributed by atoms with E-state index in [2.05, 4.69) is 67.7 Å². The highest BCUT2D eigenvalue weighted by Crippen LogP contribution is 2.30. The number of aromatic nitrogens is 3. The second-order valence-electron chi connectivity index (χ2n) is 8.28. The SMILES string of the molecule is C=C1C=CC(C)=NN1C(=NC)Sc1ccc2ncc(-c3cnn(C4CN(CC)C4)c3)cc2c1. The number of fused-ring (bicyclic) bond motifs is 1. The maximum Gasteiger partial charge on any atom is 0.189 e. The molecule has 4 heterocycles. The van der Waals surface area contributed by atoms with Gasteiger partial charge in [0.05, 0.1) is 29.2 Å². The van der Waals surface area contributed by atoms with Crippen LogP contribution in [0, 0.1) is 0 Å². The number of likely N-dealkylation sites (N-methyl/N-ethyl adjacent to an activating group) is 1. The minimum absolute atomic E-state index is 0.465. The van der Waals surface area contributed by atoms with Crippen molar-refractivity contribution in [1.82, 2.24) is 24.7 Å². The molecule has 1 aromatic carbocycles. The summed E-state index contributed by atoms with van der Waals surface area (Å²) in [7, 11) is 1.78. The second kappa shape index (κ2) is 8.96. The van der Waals surface area contributed by atoms with Crippen molar-refractivity contribution in [3.05, 3.63) is 67.3 Å². The van der Waals surface area contributed by atoms with Crippen molar-refractivity contribution < 1.29 is 0 Å². The normalized spacial score (nSPS) is 17.5. The molecule has 0 unspecified atom stereocenters. The number of aliphatic imine (C=N–C) groups is 1. The van der Waals surface area contributed by atoms with E-state index < -0.39 is 0 Å². The molecule has 0 spiro atoms. The van der Waals surface area contributed by atoms with Gasteiger partial charge in [0.1, 0.15) is 0 Å². The van der Waals surface area contributed by atoms with Gasteiger partial charge in [-0.2, -0.15) is 10.2 Å². The monoisotopic (exact) mass is 457 g/mol. The zero-order chi connectivity index (χ0) is 22.9. The van der Waals surface area contributed by atoms with Gasteiger partial charge in [0.15, 0.2) is 5.17 Å². The van der Waals surface area contributed by atoms with Crippen LogP contribution < -0.4 is 0 Å². The molecule has 0 saturated carbocycles. The lowest BCUT2D eigenvalue weighted by Crippen LogP contribution is -2.47. The molecular weight excluding hydrogens is 430 g/mol. The standard InChI is InChI=1S/C25H27N7S/c1-5-30-15-22(16-30)31-14-21(13-28-31)20-10-19-11-23(8-9-24(19)27-12-20)33-25(26-4)32-18(3)7-6-17(2)29-32/h6-14,22H,3,5,15-16H2,1-2,4H3. The van der Waals surface area contributed by atoms with Crippen LogP contribution in [0.5, 0.6) is 0 Å².